The maximum absolute atomic E-state index is 9.38. The van der Waals surface area contributed by atoms with Crippen molar-refractivity contribution in [3.05, 3.63) is 29.8 Å². The number of ether oxygens (including phenoxy) is 1. The van der Waals surface area contributed by atoms with Crippen LogP contribution in [-0.4, -0.2) is 25.4 Å². The normalized spacial score (nSPS) is 18.1. The molecule has 19 heavy (non-hydrogen) atoms. The van der Waals surface area contributed by atoms with E-state index in [9.17, 15) is 5.11 Å². The second kappa shape index (κ2) is 6.40. The van der Waals surface area contributed by atoms with Gasteiger partial charge in [0.15, 0.2) is 0 Å². The summed E-state index contributed by atoms with van der Waals surface area (Å²) in [5.41, 5.74) is 1.47. The Labute approximate surface area is 116 Å². The Morgan fingerprint density at radius 2 is 2.00 bits per heavy atom. The van der Waals surface area contributed by atoms with E-state index in [0.29, 0.717) is 12.6 Å². The Morgan fingerprint density at radius 1 is 1.32 bits per heavy atom. The summed E-state index contributed by atoms with van der Waals surface area (Å²) in [6, 6.07) is 8.66. The highest BCUT2D eigenvalue weighted by Crippen LogP contribution is 2.44. The van der Waals surface area contributed by atoms with E-state index in [4.69, 9.17) is 4.74 Å². The van der Waals surface area contributed by atoms with E-state index >= 15 is 0 Å². The van der Waals surface area contributed by atoms with Gasteiger partial charge in [-0.05, 0) is 37.0 Å². The molecule has 1 fully saturated rings. The first kappa shape index (κ1) is 14.4. The van der Waals surface area contributed by atoms with Crippen molar-refractivity contribution in [3.8, 4) is 5.75 Å². The second-order valence-electron chi connectivity index (χ2n) is 5.65. The van der Waals surface area contributed by atoms with Crippen LogP contribution in [0.25, 0.3) is 0 Å². The Morgan fingerprint density at radius 3 is 2.47 bits per heavy atom. The lowest BCUT2D eigenvalue weighted by atomic mass is 10.0. The van der Waals surface area contributed by atoms with Crippen LogP contribution < -0.4 is 10.1 Å². The molecular formula is C16H25NO2. The number of nitrogens with one attached hydrogen (secondary N) is 1. The van der Waals surface area contributed by atoms with Gasteiger partial charge in [0.1, 0.15) is 5.75 Å². The summed E-state index contributed by atoms with van der Waals surface area (Å²) in [6.45, 7) is 3.43. The topological polar surface area (TPSA) is 41.5 Å². The first-order valence-corrected chi connectivity index (χ1v) is 7.21. The Balaban J connectivity index is 1.97. The number of rotatable bonds is 8. The summed E-state index contributed by atoms with van der Waals surface area (Å²) in [6.07, 6.45) is 4.57. The molecule has 106 valence electrons. The summed E-state index contributed by atoms with van der Waals surface area (Å²) in [5, 5.41) is 13.0. The largest absolute Gasteiger partial charge is 0.497 e. The molecule has 1 aromatic rings. The van der Waals surface area contributed by atoms with Gasteiger partial charge in [-0.1, -0.05) is 25.5 Å². The van der Waals surface area contributed by atoms with Crippen molar-refractivity contribution in [1.29, 1.82) is 0 Å². The predicted octanol–water partition coefficient (Wildman–Crippen LogP) is 2.90. The molecule has 1 atom stereocenters. The number of hydrogen-bond donors (Lipinski definition) is 2. The zero-order valence-corrected chi connectivity index (χ0v) is 12.0. The molecule has 1 aliphatic carbocycles. The van der Waals surface area contributed by atoms with Crippen molar-refractivity contribution in [2.75, 3.05) is 20.3 Å². The van der Waals surface area contributed by atoms with Gasteiger partial charge in [-0.25, -0.2) is 0 Å². The first-order chi connectivity index (χ1) is 9.23. The summed E-state index contributed by atoms with van der Waals surface area (Å²) >= 11 is 0. The van der Waals surface area contributed by atoms with Crippen LogP contribution in [0.1, 0.15) is 44.2 Å². The number of hydrogen-bond acceptors (Lipinski definition) is 3. The Kier molecular flexibility index (Phi) is 4.83. The maximum atomic E-state index is 9.38. The standard InChI is InChI=1S/C16H25NO2/c1-3-4-15(17-11-16(12-18)9-10-16)13-5-7-14(19-2)8-6-13/h5-8,15,17-18H,3-4,9-12H2,1-2H3. The minimum atomic E-state index is 0.165. The van der Waals surface area contributed by atoms with Crippen LogP contribution in [0.2, 0.25) is 0 Å². The first-order valence-electron chi connectivity index (χ1n) is 7.21. The van der Waals surface area contributed by atoms with E-state index in [1.165, 1.54) is 5.56 Å². The van der Waals surface area contributed by atoms with Gasteiger partial charge in [0.05, 0.1) is 7.11 Å². The van der Waals surface area contributed by atoms with Crippen LogP contribution in [0.5, 0.6) is 5.75 Å². The van der Waals surface area contributed by atoms with E-state index in [1.54, 1.807) is 7.11 Å². The van der Waals surface area contributed by atoms with E-state index in [1.807, 2.05) is 12.1 Å². The molecule has 1 unspecified atom stereocenters. The van der Waals surface area contributed by atoms with Crippen molar-refractivity contribution in [2.24, 2.45) is 5.41 Å². The van der Waals surface area contributed by atoms with Crippen molar-refractivity contribution >= 4 is 0 Å². The summed E-state index contributed by atoms with van der Waals surface area (Å²) in [4.78, 5) is 0. The average Bonchev–Trinajstić information content (AvgIpc) is 3.24. The fraction of sp³-hybridized carbons (Fsp3) is 0.625. The minimum absolute atomic E-state index is 0.165. The number of aliphatic hydroxyl groups is 1. The minimum Gasteiger partial charge on any atom is -0.497 e. The molecule has 1 saturated carbocycles. The Bertz CT molecular complexity index is 384. The molecular weight excluding hydrogens is 238 g/mol. The summed E-state index contributed by atoms with van der Waals surface area (Å²) < 4.78 is 5.20. The smallest absolute Gasteiger partial charge is 0.118 e. The zero-order valence-electron chi connectivity index (χ0n) is 12.0. The van der Waals surface area contributed by atoms with Crippen molar-refractivity contribution in [2.45, 2.75) is 38.6 Å². The van der Waals surface area contributed by atoms with Crippen LogP contribution >= 0.6 is 0 Å². The molecule has 1 aromatic carbocycles. The van der Waals surface area contributed by atoms with Gasteiger partial charge in [-0.2, -0.15) is 0 Å². The van der Waals surface area contributed by atoms with Crippen LogP contribution in [0, 0.1) is 5.41 Å². The molecule has 0 radical (unpaired) electrons. The van der Waals surface area contributed by atoms with Crippen molar-refractivity contribution < 1.29 is 9.84 Å². The molecule has 0 spiro atoms. The van der Waals surface area contributed by atoms with Gasteiger partial charge in [-0.3, -0.25) is 0 Å². The molecule has 0 aliphatic heterocycles. The fourth-order valence-corrected chi connectivity index (χ4v) is 2.42. The van der Waals surface area contributed by atoms with Crippen LogP contribution in [0.15, 0.2) is 24.3 Å². The maximum Gasteiger partial charge on any atom is 0.118 e. The van der Waals surface area contributed by atoms with Crippen LogP contribution in [0.4, 0.5) is 0 Å². The molecule has 1 aliphatic rings. The van der Waals surface area contributed by atoms with Gasteiger partial charge in [0.25, 0.3) is 0 Å². The average molecular weight is 263 g/mol. The molecule has 0 amide bonds. The van der Waals surface area contributed by atoms with Crippen molar-refractivity contribution in [3.63, 3.8) is 0 Å². The van der Waals surface area contributed by atoms with Gasteiger partial charge < -0.3 is 15.2 Å². The molecule has 0 aromatic heterocycles. The quantitative estimate of drug-likeness (QED) is 0.758. The molecule has 0 heterocycles. The lowest BCUT2D eigenvalue weighted by Gasteiger charge is -2.22. The monoisotopic (exact) mass is 263 g/mol. The number of aliphatic hydroxyl groups excluding tert-OH is 1. The van der Waals surface area contributed by atoms with Gasteiger partial charge in [-0.15, -0.1) is 0 Å². The SMILES string of the molecule is CCCC(NCC1(CO)CC1)c1ccc(OC)cc1. The molecule has 0 saturated heterocycles. The highest BCUT2D eigenvalue weighted by Gasteiger charge is 2.41. The predicted molar refractivity (Wildman–Crippen MR) is 77.4 cm³/mol. The highest BCUT2D eigenvalue weighted by molar-refractivity contribution is 5.29. The van der Waals surface area contributed by atoms with E-state index in [0.717, 1.165) is 38.0 Å². The molecule has 2 N–H and O–H groups in total. The van der Waals surface area contributed by atoms with E-state index in [2.05, 4.69) is 24.4 Å². The van der Waals surface area contributed by atoms with E-state index in [-0.39, 0.29) is 5.41 Å². The lowest BCUT2D eigenvalue weighted by molar-refractivity contribution is 0.203. The summed E-state index contributed by atoms with van der Waals surface area (Å²) in [7, 11) is 1.69. The fourth-order valence-electron chi connectivity index (χ4n) is 2.42. The van der Waals surface area contributed by atoms with Crippen LogP contribution in [0.3, 0.4) is 0 Å². The molecule has 0 bridgehead atoms. The van der Waals surface area contributed by atoms with E-state index < -0.39 is 0 Å². The van der Waals surface area contributed by atoms with Gasteiger partial charge in [0.2, 0.25) is 0 Å². The van der Waals surface area contributed by atoms with Crippen molar-refractivity contribution in [1.82, 2.24) is 5.32 Å². The van der Waals surface area contributed by atoms with Gasteiger partial charge >= 0.3 is 0 Å². The highest BCUT2D eigenvalue weighted by atomic mass is 16.5. The van der Waals surface area contributed by atoms with Gasteiger partial charge in [0, 0.05) is 24.6 Å². The third-order valence-electron chi connectivity index (χ3n) is 4.11. The number of benzene rings is 1. The molecule has 3 heteroatoms. The zero-order chi connectivity index (χ0) is 13.7. The third-order valence-corrected chi connectivity index (χ3v) is 4.11. The molecule has 2 rings (SSSR count). The third kappa shape index (κ3) is 3.71. The Hall–Kier alpha value is -1.06. The van der Waals surface area contributed by atoms with Crippen LogP contribution in [-0.2, 0) is 0 Å². The summed E-state index contributed by atoms with van der Waals surface area (Å²) in [5.74, 6) is 0.896. The second-order valence-corrected chi connectivity index (χ2v) is 5.65. The molecule has 3 nitrogen and oxygen atoms in total. The lowest BCUT2D eigenvalue weighted by Crippen LogP contribution is -2.30. The number of methoxy groups -OCH3 is 1.